The number of urea groups is 1. The molecule has 1 aromatic rings. The second kappa shape index (κ2) is 8.28. The van der Waals surface area contributed by atoms with Crippen molar-refractivity contribution < 1.29 is 27.5 Å². The smallest absolute Gasteiger partial charge is 0.338 e. The SMILES string of the molecule is CCNC(=O)NC(=O)C(C)OC(=O)c1ccc(S(=O)(=O)NC2CC2)cc1. The lowest BCUT2D eigenvalue weighted by atomic mass is 10.2. The minimum absolute atomic E-state index is 0.0195. The van der Waals surface area contributed by atoms with Gasteiger partial charge in [-0.05, 0) is 51.0 Å². The van der Waals surface area contributed by atoms with Crippen molar-refractivity contribution in [1.82, 2.24) is 15.4 Å². The number of amides is 3. The third-order valence-corrected chi connectivity index (χ3v) is 5.06. The van der Waals surface area contributed by atoms with Crippen LogP contribution in [-0.2, 0) is 19.6 Å². The summed E-state index contributed by atoms with van der Waals surface area (Å²) < 4.78 is 31.7. The molecule has 142 valence electrons. The predicted molar refractivity (Wildman–Crippen MR) is 91.9 cm³/mol. The van der Waals surface area contributed by atoms with Crippen LogP contribution < -0.4 is 15.4 Å². The van der Waals surface area contributed by atoms with Crippen LogP contribution in [0.3, 0.4) is 0 Å². The first-order chi connectivity index (χ1) is 12.2. The third-order valence-electron chi connectivity index (χ3n) is 3.53. The Morgan fingerprint density at radius 2 is 1.81 bits per heavy atom. The molecule has 0 spiro atoms. The minimum Gasteiger partial charge on any atom is -0.449 e. The monoisotopic (exact) mass is 383 g/mol. The van der Waals surface area contributed by atoms with Gasteiger partial charge in [0.25, 0.3) is 5.91 Å². The summed E-state index contributed by atoms with van der Waals surface area (Å²) in [7, 11) is -3.61. The molecule has 0 radical (unpaired) electrons. The van der Waals surface area contributed by atoms with E-state index in [2.05, 4.69) is 10.0 Å². The average Bonchev–Trinajstić information content (AvgIpc) is 3.38. The number of sulfonamides is 1. The number of carbonyl (C=O) groups is 3. The molecule has 1 aliphatic rings. The Labute approximate surface area is 151 Å². The van der Waals surface area contributed by atoms with Gasteiger partial charge in [0.15, 0.2) is 6.10 Å². The van der Waals surface area contributed by atoms with E-state index < -0.39 is 34.0 Å². The van der Waals surface area contributed by atoms with Crippen LogP contribution >= 0.6 is 0 Å². The van der Waals surface area contributed by atoms with Gasteiger partial charge in [-0.25, -0.2) is 22.7 Å². The molecule has 1 unspecified atom stereocenters. The molecule has 0 aromatic heterocycles. The van der Waals surface area contributed by atoms with Crippen molar-refractivity contribution in [1.29, 1.82) is 0 Å². The second-order valence-electron chi connectivity index (χ2n) is 5.82. The lowest BCUT2D eigenvalue weighted by Gasteiger charge is -2.13. The summed E-state index contributed by atoms with van der Waals surface area (Å²) in [6, 6.07) is 4.49. The number of hydrogen-bond donors (Lipinski definition) is 3. The van der Waals surface area contributed by atoms with E-state index >= 15 is 0 Å². The molecule has 1 aromatic carbocycles. The fraction of sp³-hybridized carbons (Fsp3) is 0.438. The summed E-state index contributed by atoms with van der Waals surface area (Å²) in [5.41, 5.74) is 0.0908. The molecule has 10 heteroatoms. The standard InChI is InChI=1S/C16H21N3O6S/c1-3-17-16(22)18-14(20)10(2)25-15(21)11-4-8-13(9-5-11)26(23,24)19-12-6-7-12/h4-5,8-10,12,19H,3,6-7H2,1-2H3,(H2,17,18,20,22). The summed E-state index contributed by atoms with van der Waals surface area (Å²) in [5, 5.41) is 4.42. The molecule has 1 fully saturated rings. The van der Waals surface area contributed by atoms with Gasteiger partial charge in [-0.15, -0.1) is 0 Å². The lowest BCUT2D eigenvalue weighted by Crippen LogP contribution is -2.44. The molecule has 0 bridgehead atoms. The van der Waals surface area contributed by atoms with Crippen LogP contribution in [0.25, 0.3) is 0 Å². The van der Waals surface area contributed by atoms with Crippen molar-refractivity contribution in [2.24, 2.45) is 0 Å². The van der Waals surface area contributed by atoms with Gasteiger partial charge in [0.2, 0.25) is 10.0 Å². The van der Waals surface area contributed by atoms with Gasteiger partial charge in [-0.2, -0.15) is 0 Å². The summed E-state index contributed by atoms with van der Waals surface area (Å²) in [4.78, 5) is 35.1. The highest BCUT2D eigenvalue weighted by Crippen LogP contribution is 2.22. The zero-order chi connectivity index (χ0) is 19.3. The lowest BCUT2D eigenvalue weighted by molar-refractivity contribution is -0.127. The van der Waals surface area contributed by atoms with Crippen molar-refractivity contribution >= 4 is 27.9 Å². The number of rotatable bonds is 7. The van der Waals surface area contributed by atoms with Crippen LogP contribution in [0.4, 0.5) is 4.79 Å². The molecule has 2 rings (SSSR count). The number of ether oxygens (including phenoxy) is 1. The Kier molecular flexibility index (Phi) is 6.32. The number of nitrogens with one attached hydrogen (secondary N) is 3. The van der Waals surface area contributed by atoms with Crippen molar-refractivity contribution in [2.75, 3.05) is 6.54 Å². The van der Waals surface area contributed by atoms with Gasteiger partial charge in [-0.1, -0.05) is 0 Å². The molecular weight excluding hydrogens is 362 g/mol. The van der Waals surface area contributed by atoms with E-state index in [0.29, 0.717) is 6.54 Å². The highest BCUT2D eigenvalue weighted by Gasteiger charge is 2.28. The van der Waals surface area contributed by atoms with Crippen molar-refractivity contribution in [3.05, 3.63) is 29.8 Å². The number of benzene rings is 1. The van der Waals surface area contributed by atoms with Gasteiger partial charge in [0, 0.05) is 12.6 Å². The van der Waals surface area contributed by atoms with Gasteiger partial charge >= 0.3 is 12.0 Å². The summed E-state index contributed by atoms with van der Waals surface area (Å²) >= 11 is 0. The fourth-order valence-corrected chi connectivity index (χ4v) is 3.26. The Bertz CT molecular complexity index is 787. The molecule has 0 saturated heterocycles. The molecule has 1 aliphatic carbocycles. The van der Waals surface area contributed by atoms with Crippen LogP contribution in [0.1, 0.15) is 37.0 Å². The maximum Gasteiger partial charge on any atom is 0.338 e. The number of imide groups is 1. The first kappa shape index (κ1) is 19.9. The molecule has 26 heavy (non-hydrogen) atoms. The van der Waals surface area contributed by atoms with Gasteiger partial charge in [-0.3, -0.25) is 10.1 Å². The average molecular weight is 383 g/mol. The zero-order valence-corrected chi connectivity index (χ0v) is 15.3. The molecule has 1 atom stereocenters. The summed E-state index contributed by atoms with van der Waals surface area (Å²) in [6.45, 7) is 3.36. The van der Waals surface area contributed by atoms with E-state index in [1.54, 1.807) is 6.92 Å². The molecule has 0 aliphatic heterocycles. The number of hydrogen-bond acceptors (Lipinski definition) is 6. The Balaban J connectivity index is 1.94. The topological polar surface area (TPSA) is 131 Å². The van der Waals surface area contributed by atoms with Crippen LogP contribution in [0.15, 0.2) is 29.2 Å². The van der Waals surface area contributed by atoms with Crippen molar-refractivity contribution in [3.8, 4) is 0 Å². The highest BCUT2D eigenvalue weighted by molar-refractivity contribution is 7.89. The second-order valence-corrected chi connectivity index (χ2v) is 7.53. The number of esters is 1. The van der Waals surface area contributed by atoms with Gasteiger partial charge in [0.05, 0.1) is 10.5 Å². The maximum absolute atomic E-state index is 12.1. The fourth-order valence-electron chi connectivity index (χ4n) is 1.96. The van der Waals surface area contributed by atoms with Crippen molar-refractivity contribution in [2.45, 2.75) is 43.7 Å². The van der Waals surface area contributed by atoms with Crippen molar-refractivity contribution in [3.63, 3.8) is 0 Å². The minimum atomic E-state index is -3.61. The van der Waals surface area contributed by atoms with Crippen LogP contribution in [0, 0.1) is 0 Å². The van der Waals surface area contributed by atoms with E-state index in [4.69, 9.17) is 4.74 Å². The normalized spacial score (nSPS) is 15.0. The van der Waals surface area contributed by atoms with Crippen LogP contribution in [-0.4, -0.2) is 45.0 Å². The van der Waals surface area contributed by atoms with Crippen LogP contribution in [0.5, 0.6) is 0 Å². The van der Waals surface area contributed by atoms with Gasteiger partial charge < -0.3 is 10.1 Å². The molecule has 9 nitrogen and oxygen atoms in total. The largest absolute Gasteiger partial charge is 0.449 e. The Hall–Kier alpha value is -2.46. The van der Waals surface area contributed by atoms with E-state index in [-0.39, 0.29) is 16.5 Å². The maximum atomic E-state index is 12.1. The van der Waals surface area contributed by atoms with Crippen LogP contribution in [0.2, 0.25) is 0 Å². The van der Waals surface area contributed by atoms with Gasteiger partial charge in [0.1, 0.15) is 0 Å². The molecule has 3 N–H and O–H groups in total. The van der Waals surface area contributed by atoms with E-state index in [1.807, 2.05) is 5.32 Å². The first-order valence-corrected chi connectivity index (χ1v) is 9.63. The quantitative estimate of drug-likeness (QED) is 0.588. The van der Waals surface area contributed by atoms with E-state index in [1.165, 1.54) is 31.2 Å². The Morgan fingerprint density at radius 1 is 1.19 bits per heavy atom. The Morgan fingerprint density at radius 3 is 2.35 bits per heavy atom. The highest BCUT2D eigenvalue weighted by atomic mass is 32.2. The predicted octanol–water partition coefficient (Wildman–Crippen LogP) is 0.518. The summed E-state index contributed by atoms with van der Waals surface area (Å²) in [6.07, 6.45) is 0.449. The zero-order valence-electron chi connectivity index (χ0n) is 14.4. The molecular formula is C16H21N3O6S. The molecule has 1 saturated carbocycles. The molecule has 3 amide bonds. The third kappa shape index (κ3) is 5.53. The summed E-state index contributed by atoms with van der Waals surface area (Å²) in [5.74, 6) is -1.57. The van der Waals surface area contributed by atoms with E-state index in [0.717, 1.165) is 12.8 Å². The first-order valence-electron chi connectivity index (χ1n) is 8.15. The number of carbonyl (C=O) groups excluding carboxylic acids is 3. The van der Waals surface area contributed by atoms with E-state index in [9.17, 15) is 22.8 Å². The molecule has 0 heterocycles.